The Balaban J connectivity index is 1.73. The van der Waals surface area contributed by atoms with E-state index in [4.69, 9.17) is 0 Å². The van der Waals surface area contributed by atoms with E-state index in [0.717, 1.165) is 43.0 Å². The van der Waals surface area contributed by atoms with Crippen LogP contribution in [0.2, 0.25) is 0 Å². The summed E-state index contributed by atoms with van der Waals surface area (Å²) in [4.78, 5) is 7.64. The fraction of sp³-hybridized carbons (Fsp3) is 0.400. The van der Waals surface area contributed by atoms with E-state index in [-0.39, 0.29) is 5.75 Å². The Morgan fingerprint density at radius 3 is 2.59 bits per heavy atom. The van der Waals surface area contributed by atoms with E-state index in [1.165, 1.54) is 12.1 Å². The van der Waals surface area contributed by atoms with Crippen molar-refractivity contribution < 1.29 is 17.9 Å². The largest absolute Gasteiger partial charge is 0.573 e. The number of aromatic amines is 1. The van der Waals surface area contributed by atoms with Crippen molar-refractivity contribution in [2.45, 2.75) is 25.1 Å². The monoisotopic (exact) mass is 311 g/mol. The van der Waals surface area contributed by atoms with Crippen molar-refractivity contribution in [3.05, 3.63) is 36.3 Å². The van der Waals surface area contributed by atoms with E-state index in [2.05, 4.69) is 20.0 Å². The number of hydrogen-bond acceptors (Lipinski definition) is 3. The maximum absolute atomic E-state index is 12.1. The molecule has 0 aliphatic carbocycles. The van der Waals surface area contributed by atoms with Gasteiger partial charge in [0.1, 0.15) is 11.6 Å². The molecule has 2 aromatic rings. The van der Waals surface area contributed by atoms with Gasteiger partial charge in [-0.15, -0.1) is 13.2 Å². The molecule has 1 fully saturated rings. The summed E-state index contributed by atoms with van der Waals surface area (Å²) in [6, 6.07) is 5.76. The maximum atomic E-state index is 12.1. The van der Waals surface area contributed by atoms with Crippen molar-refractivity contribution in [1.82, 2.24) is 15.3 Å². The minimum absolute atomic E-state index is 0.229. The van der Waals surface area contributed by atoms with Gasteiger partial charge in [0.25, 0.3) is 0 Å². The van der Waals surface area contributed by atoms with Crippen LogP contribution in [-0.2, 0) is 0 Å². The lowest BCUT2D eigenvalue weighted by atomic mass is 9.99. The quantitative estimate of drug-likeness (QED) is 0.913. The molecule has 1 atom stereocenters. The van der Waals surface area contributed by atoms with Gasteiger partial charge in [-0.1, -0.05) is 0 Å². The molecule has 0 amide bonds. The second-order valence-corrected chi connectivity index (χ2v) is 5.30. The standard InChI is InChI=1S/C15H16F3N3O/c16-15(17,18)22-12-5-3-10(4-6-12)13-9-20-14(21-13)11-2-1-7-19-8-11/h3-6,9,11,19H,1-2,7-8H2,(H,20,21). The number of hydrogen-bond donors (Lipinski definition) is 2. The van der Waals surface area contributed by atoms with E-state index in [1.807, 2.05) is 0 Å². The zero-order valence-electron chi connectivity index (χ0n) is 11.8. The molecule has 22 heavy (non-hydrogen) atoms. The number of alkyl halides is 3. The summed E-state index contributed by atoms with van der Waals surface area (Å²) in [6.45, 7) is 1.93. The molecule has 2 N–H and O–H groups in total. The van der Waals surface area contributed by atoms with Crippen molar-refractivity contribution in [2.75, 3.05) is 13.1 Å². The number of imidazole rings is 1. The van der Waals surface area contributed by atoms with Crippen molar-refractivity contribution in [3.8, 4) is 17.0 Å². The van der Waals surface area contributed by atoms with Gasteiger partial charge in [0.15, 0.2) is 0 Å². The minimum Gasteiger partial charge on any atom is -0.406 e. The number of nitrogens with one attached hydrogen (secondary N) is 2. The van der Waals surface area contributed by atoms with Crippen LogP contribution in [0.4, 0.5) is 13.2 Å². The van der Waals surface area contributed by atoms with Crippen LogP contribution in [0.15, 0.2) is 30.5 Å². The van der Waals surface area contributed by atoms with Gasteiger partial charge in [0, 0.05) is 12.5 Å². The first-order valence-corrected chi connectivity index (χ1v) is 7.13. The number of ether oxygens (including phenoxy) is 1. The van der Waals surface area contributed by atoms with Crippen molar-refractivity contribution in [2.24, 2.45) is 0 Å². The Bertz CT molecular complexity index is 616. The number of H-pyrrole nitrogens is 1. The van der Waals surface area contributed by atoms with E-state index in [1.54, 1.807) is 18.3 Å². The topological polar surface area (TPSA) is 49.9 Å². The molecule has 1 aromatic heterocycles. The number of rotatable bonds is 3. The molecule has 1 unspecified atom stereocenters. The third-order valence-corrected chi connectivity index (χ3v) is 3.68. The van der Waals surface area contributed by atoms with Crippen LogP contribution in [-0.4, -0.2) is 29.4 Å². The van der Waals surface area contributed by atoms with Crippen molar-refractivity contribution >= 4 is 0 Å². The van der Waals surface area contributed by atoms with Gasteiger partial charge in [-0.2, -0.15) is 0 Å². The highest BCUT2D eigenvalue weighted by Crippen LogP contribution is 2.27. The summed E-state index contributed by atoms with van der Waals surface area (Å²) in [6.07, 6.45) is -0.761. The summed E-state index contributed by atoms with van der Waals surface area (Å²) in [5.74, 6) is 1.04. The highest BCUT2D eigenvalue weighted by molar-refractivity contribution is 5.59. The molecule has 3 rings (SSSR count). The zero-order chi connectivity index (χ0) is 15.6. The Kier molecular flexibility index (Phi) is 4.06. The van der Waals surface area contributed by atoms with Crippen molar-refractivity contribution in [1.29, 1.82) is 0 Å². The zero-order valence-corrected chi connectivity index (χ0v) is 11.8. The molecule has 0 radical (unpaired) electrons. The number of piperidine rings is 1. The summed E-state index contributed by atoms with van der Waals surface area (Å²) in [7, 11) is 0. The molecular formula is C15H16F3N3O. The average molecular weight is 311 g/mol. The highest BCUT2D eigenvalue weighted by Gasteiger charge is 2.31. The van der Waals surface area contributed by atoms with Crippen LogP contribution in [0.25, 0.3) is 11.3 Å². The van der Waals surface area contributed by atoms with Crippen LogP contribution in [0.1, 0.15) is 24.6 Å². The SMILES string of the molecule is FC(F)(F)Oc1ccc(-c2cnc(C3CCCNC3)[nH]2)cc1. The van der Waals surface area contributed by atoms with Gasteiger partial charge in [-0.3, -0.25) is 0 Å². The molecular weight excluding hydrogens is 295 g/mol. The molecule has 1 aliphatic heterocycles. The van der Waals surface area contributed by atoms with E-state index in [9.17, 15) is 13.2 Å². The molecule has 0 saturated carbocycles. The predicted octanol–water partition coefficient (Wildman–Crippen LogP) is 3.44. The Labute approximate surface area is 125 Å². The maximum Gasteiger partial charge on any atom is 0.573 e. The lowest BCUT2D eigenvalue weighted by molar-refractivity contribution is -0.274. The minimum atomic E-state index is -4.67. The molecule has 4 nitrogen and oxygen atoms in total. The van der Waals surface area contributed by atoms with Gasteiger partial charge in [0.2, 0.25) is 0 Å². The van der Waals surface area contributed by atoms with Crippen molar-refractivity contribution in [3.63, 3.8) is 0 Å². The van der Waals surface area contributed by atoms with Crippen LogP contribution in [0.3, 0.4) is 0 Å². The van der Waals surface area contributed by atoms with Crippen LogP contribution in [0.5, 0.6) is 5.75 Å². The molecule has 1 aromatic carbocycles. The van der Waals surface area contributed by atoms with Gasteiger partial charge in [0.05, 0.1) is 11.9 Å². The number of aromatic nitrogens is 2. The number of nitrogens with zero attached hydrogens (tertiary/aromatic N) is 1. The first-order valence-electron chi connectivity index (χ1n) is 7.13. The first kappa shape index (κ1) is 14.9. The fourth-order valence-corrected chi connectivity index (χ4v) is 2.61. The van der Waals surface area contributed by atoms with Crippen LogP contribution < -0.4 is 10.1 Å². The molecule has 118 valence electrons. The molecule has 7 heteroatoms. The summed E-state index contributed by atoms with van der Waals surface area (Å²) >= 11 is 0. The van der Waals surface area contributed by atoms with Gasteiger partial charge >= 0.3 is 6.36 Å². The molecule has 1 saturated heterocycles. The summed E-state index contributed by atoms with van der Waals surface area (Å²) < 4.78 is 40.2. The Morgan fingerprint density at radius 2 is 1.95 bits per heavy atom. The van der Waals surface area contributed by atoms with Gasteiger partial charge in [-0.05, 0) is 49.2 Å². The van der Waals surface area contributed by atoms with Crippen LogP contribution >= 0.6 is 0 Å². The lowest BCUT2D eigenvalue weighted by Gasteiger charge is -2.20. The average Bonchev–Trinajstić information content (AvgIpc) is 2.97. The Morgan fingerprint density at radius 1 is 1.18 bits per heavy atom. The second kappa shape index (κ2) is 6.00. The van der Waals surface area contributed by atoms with E-state index in [0.29, 0.717) is 5.92 Å². The van der Waals surface area contributed by atoms with Gasteiger partial charge < -0.3 is 15.0 Å². The summed E-state index contributed by atoms with van der Waals surface area (Å²) in [5, 5.41) is 3.33. The van der Waals surface area contributed by atoms with Gasteiger partial charge in [-0.25, -0.2) is 4.98 Å². The third-order valence-electron chi connectivity index (χ3n) is 3.68. The third kappa shape index (κ3) is 3.59. The molecule has 0 spiro atoms. The second-order valence-electron chi connectivity index (χ2n) is 5.30. The highest BCUT2D eigenvalue weighted by atomic mass is 19.4. The Hall–Kier alpha value is -2.02. The predicted molar refractivity (Wildman–Crippen MR) is 75.6 cm³/mol. The molecule has 2 heterocycles. The molecule has 0 bridgehead atoms. The van der Waals surface area contributed by atoms with E-state index >= 15 is 0 Å². The first-order chi connectivity index (χ1) is 10.5. The normalized spacial score (nSPS) is 19.1. The fourth-order valence-electron chi connectivity index (χ4n) is 2.61. The number of halogens is 3. The van der Waals surface area contributed by atoms with Crippen LogP contribution in [0, 0.1) is 0 Å². The summed E-state index contributed by atoms with van der Waals surface area (Å²) in [5.41, 5.74) is 1.57. The lowest BCUT2D eigenvalue weighted by Crippen LogP contribution is -2.28. The molecule has 1 aliphatic rings. The van der Waals surface area contributed by atoms with E-state index < -0.39 is 6.36 Å². The smallest absolute Gasteiger partial charge is 0.406 e. The number of benzene rings is 1.